The quantitative estimate of drug-likeness (QED) is 0.264. The topological polar surface area (TPSA) is 80.1 Å². The number of urea groups is 1. The molecule has 3 aromatic rings. The van der Waals surface area contributed by atoms with E-state index in [1.807, 2.05) is 19.9 Å². The van der Waals surface area contributed by atoms with Gasteiger partial charge in [-0.05, 0) is 93.1 Å². The second-order valence-corrected chi connectivity index (χ2v) is 12.2. The number of likely N-dealkylation sites (tertiary alicyclic amines) is 1. The Bertz CT molecular complexity index is 1590. The summed E-state index contributed by atoms with van der Waals surface area (Å²) < 4.78 is 5.79. The number of benzene rings is 3. The SMILES string of the molecule is CCOc1ccc(C#N)cc1-c1ccc(N2C(=O)N(CC)C3(CCN(Cc4ccc(N5CCCC5)cc4)CC3)C2=O)c(Cl)c1. The van der Waals surface area contributed by atoms with Crippen LogP contribution in [0.4, 0.5) is 16.2 Å². The Morgan fingerprint density at radius 3 is 2.30 bits per heavy atom. The molecule has 0 bridgehead atoms. The first-order valence-corrected chi connectivity index (χ1v) is 16.0. The minimum Gasteiger partial charge on any atom is -0.493 e. The van der Waals surface area contributed by atoms with Crippen LogP contribution in [-0.4, -0.2) is 66.6 Å². The molecule has 9 heteroatoms. The number of nitriles is 1. The Kier molecular flexibility index (Phi) is 8.53. The van der Waals surface area contributed by atoms with Crippen molar-refractivity contribution in [2.75, 3.05) is 49.1 Å². The van der Waals surface area contributed by atoms with E-state index in [1.165, 1.54) is 29.0 Å². The van der Waals surface area contributed by atoms with Gasteiger partial charge in [-0.3, -0.25) is 9.69 Å². The van der Waals surface area contributed by atoms with Crippen LogP contribution in [0.25, 0.3) is 11.1 Å². The Balaban J connectivity index is 1.19. The molecule has 0 unspecified atom stereocenters. The number of hydrogen-bond donors (Lipinski definition) is 0. The zero-order valence-corrected chi connectivity index (χ0v) is 26.1. The van der Waals surface area contributed by atoms with Crippen molar-refractivity contribution in [2.45, 2.75) is 51.6 Å². The van der Waals surface area contributed by atoms with Crippen LogP contribution in [0.5, 0.6) is 5.75 Å². The highest BCUT2D eigenvalue weighted by Crippen LogP contribution is 2.43. The van der Waals surface area contributed by atoms with Gasteiger partial charge in [-0.15, -0.1) is 0 Å². The zero-order valence-electron chi connectivity index (χ0n) is 25.4. The highest BCUT2D eigenvalue weighted by molar-refractivity contribution is 6.36. The lowest BCUT2D eigenvalue weighted by Gasteiger charge is -2.41. The van der Waals surface area contributed by atoms with Crippen LogP contribution in [0.2, 0.25) is 5.02 Å². The fourth-order valence-corrected chi connectivity index (χ4v) is 7.20. The highest BCUT2D eigenvalue weighted by atomic mass is 35.5. The third kappa shape index (κ3) is 5.40. The highest BCUT2D eigenvalue weighted by Gasteiger charge is 2.58. The normalized spacial score (nSPS) is 18.4. The molecule has 0 saturated carbocycles. The number of amides is 3. The number of hydrogen-bond acceptors (Lipinski definition) is 6. The van der Waals surface area contributed by atoms with Crippen molar-refractivity contribution in [3.63, 3.8) is 0 Å². The Hall–Kier alpha value is -4.06. The van der Waals surface area contributed by atoms with Gasteiger partial charge in [0.05, 0.1) is 28.9 Å². The summed E-state index contributed by atoms with van der Waals surface area (Å²) in [6, 6.07) is 21.2. The van der Waals surface area contributed by atoms with Gasteiger partial charge in [-0.2, -0.15) is 5.26 Å². The predicted octanol–water partition coefficient (Wildman–Crippen LogP) is 6.70. The average Bonchev–Trinajstić information content (AvgIpc) is 3.65. The van der Waals surface area contributed by atoms with E-state index in [9.17, 15) is 14.9 Å². The van der Waals surface area contributed by atoms with Gasteiger partial charge in [0.15, 0.2) is 0 Å². The molecule has 0 N–H and O–H groups in total. The summed E-state index contributed by atoms with van der Waals surface area (Å²) in [5.74, 6) is 0.421. The van der Waals surface area contributed by atoms with Crippen molar-refractivity contribution in [2.24, 2.45) is 0 Å². The first kappa shape index (κ1) is 30.0. The molecule has 0 radical (unpaired) electrons. The van der Waals surface area contributed by atoms with Crippen LogP contribution >= 0.6 is 11.6 Å². The molecule has 3 amide bonds. The van der Waals surface area contributed by atoms with Gasteiger partial charge in [-0.1, -0.05) is 29.8 Å². The van der Waals surface area contributed by atoms with Gasteiger partial charge in [0.25, 0.3) is 5.91 Å². The summed E-state index contributed by atoms with van der Waals surface area (Å²) in [5.41, 5.74) is 3.99. The van der Waals surface area contributed by atoms with Crippen molar-refractivity contribution in [3.05, 3.63) is 76.8 Å². The third-order valence-electron chi connectivity index (χ3n) is 9.26. The van der Waals surface area contributed by atoms with E-state index in [0.717, 1.165) is 43.9 Å². The van der Waals surface area contributed by atoms with Crippen LogP contribution in [0.15, 0.2) is 60.7 Å². The molecular weight excluding hydrogens is 574 g/mol. The third-order valence-corrected chi connectivity index (χ3v) is 9.56. The van der Waals surface area contributed by atoms with Crippen molar-refractivity contribution >= 4 is 34.9 Å². The lowest BCUT2D eigenvalue weighted by Crippen LogP contribution is -2.56. The number of imide groups is 1. The van der Waals surface area contributed by atoms with Gasteiger partial charge >= 0.3 is 6.03 Å². The van der Waals surface area contributed by atoms with Gasteiger partial charge in [-0.25, -0.2) is 9.69 Å². The number of rotatable bonds is 8. The monoisotopic (exact) mass is 611 g/mol. The molecule has 3 heterocycles. The summed E-state index contributed by atoms with van der Waals surface area (Å²) in [4.78, 5) is 35.7. The lowest BCUT2D eigenvalue weighted by molar-refractivity contribution is -0.127. The van der Waals surface area contributed by atoms with Crippen molar-refractivity contribution in [3.8, 4) is 22.9 Å². The summed E-state index contributed by atoms with van der Waals surface area (Å²) in [7, 11) is 0. The maximum Gasteiger partial charge on any atom is 0.332 e. The molecule has 3 aliphatic heterocycles. The van der Waals surface area contributed by atoms with Crippen LogP contribution in [0.3, 0.4) is 0 Å². The fourth-order valence-electron chi connectivity index (χ4n) is 6.94. The first-order chi connectivity index (χ1) is 21.4. The molecule has 3 aliphatic rings. The average molecular weight is 612 g/mol. The smallest absolute Gasteiger partial charge is 0.332 e. The van der Waals surface area contributed by atoms with E-state index in [4.69, 9.17) is 16.3 Å². The zero-order chi connectivity index (χ0) is 30.8. The molecule has 3 aromatic carbocycles. The number of carbonyl (C=O) groups excluding carboxylic acids is 2. The molecule has 6 rings (SSSR count). The van der Waals surface area contributed by atoms with E-state index in [2.05, 4.69) is 40.1 Å². The largest absolute Gasteiger partial charge is 0.493 e. The van der Waals surface area contributed by atoms with E-state index in [-0.39, 0.29) is 17.0 Å². The van der Waals surface area contributed by atoms with E-state index in [0.29, 0.717) is 43.0 Å². The Morgan fingerprint density at radius 2 is 1.66 bits per heavy atom. The molecule has 0 aromatic heterocycles. The predicted molar refractivity (Wildman–Crippen MR) is 173 cm³/mol. The van der Waals surface area contributed by atoms with Gasteiger partial charge in [0.2, 0.25) is 0 Å². The van der Waals surface area contributed by atoms with E-state index >= 15 is 0 Å². The minimum atomic E-state index is -0.882. The Labute approximate surface area is 264 Å². The van der Waals surface area contributed by atoms with E-state index < -0.39 is 5.54 Å². The van der Waals surface area contributed by atoms with Crippen molar-refractivity contribution < 1.29 is 14.3 Å². The van der Waals surface area contributed by atoms with Gasteiger partial charge in [0.1, 0.15) is 11.3 Å². The molecule has 0 atom stereocenters. The van der Waals surface area contributed by atoms with Crippen LogP contribution in [-0.2, 0) is 11.3 Å². The number of anilines is 2. The molecular formula is C35H38ClN5O3. The van der Waals surface area contributed by atoms with Crippen molar-refractivity contribution in [1.29, 1.82) is 5.26 Å². The Morgan fingerprint density at radius 1 is 0.932 bits per heavy atom. The standard InChI is InChI=1S/C35H38ClN5O3/c1-3-40-34(43)41(31-13-10-27(22-30(31)36)29-21-26(23-37)9-14-32(29)44-4-2)33(42)35(40)15-19-38(20-16-35)24-25-7-11-28(12-8-25)39-17-5-6-18-39/h7-14,21-22H,3-6,15-20,24H2,1-2H3. The molecule has 0 aliphatic carbocycles. The summed E-state index contributed by atoms with van der Waals surface area (Å²) in [5, 5.41) is 9.72. The lowest BCUT2D eigenvalue weighted by atomic mass is 9.85. The van der Waals surface area contributed by atoms with Gasteiger partial charge in [0, 0.05) is 50.5 Å². The van der Waals surface area contributed by atoms with Crippen molar-refractivity contribution in [1.82, 2.24) is 9.80 Å². The molecule has 3 fully saturated rings. The number of likely N-dealkylation sites (N-methyl/N-ethyl adjacent to an activating group) is 1. The molecule has 228 valence electrons. The summed E-state index contributed by atoms with van der Waals surface area (Å²) in [6.45, 7) is 9.25. The second kappa shape index (κ2) is 12.5. The number of carbonyl (C=O) groups is 2. The molecule has 3 saturated heterocycles. The van der Waals surface area contributed by atoms with Crippen LogP contribution in [0, 0.1) is 11.3 Å². The minimum absolute atomic E-state index is 0.213. The van der Waals surface area contributed by atoms with Crippen LogP contribution in [0.1, 0.15) is 50.7 Å². The summed E-state index contributed by atoms with van der Waals surface area (Å²) >= 11 is 6.80. The maximum atomic E-state index is 14.1. The number of ether oxygens (including phenoxy) is 1. The number of nitrogens with zero attached hydrogens (tertiary/aromatic N) is 5. The van der Waals surface area contributed by atoms with Gasteiger partial charge < -0.3 is 14.5 Å². The van der Waals surface area contributed by atoms with E-state index in [1.54, 1.807) is 35.2 Å². The molecule has 8 nitrogen and oxygen atoms in total. The molecule has 1 spiro atoms. The number of piperidine rings is 1. The molecule has 44 heavy (non-hydrogen) atoms. The number of halogens is 1. The maximum absolute atomic E-state index is 14.1. The first-order valence-electron chi connectivity index (χ1n) is 15.6. The summed E-state index contributed by atoms with van der Waals surface area (Å²) in [6.07, 6.45) is 3.66. The van der Waals surface area contributed by atoms with Crippen LogP contribution < -0.4 is 14.5 Å². The second-order valence-electron chi connectivity index (χ2n) is 11.8. The fraction of sp³-hybridized carbons (Fsp3) is 0.400.